The maximum atomic E-state index is 10.6. The van der Waals surface area contributed by atoms with Gasteiger partial charge in [0.05, 0.1) is 17.1 Å². The van der Waals surface area contributed by atoms with E-state index >= 15 is 0 Å². The average molecular weight is 260 g/mol. The van der Waals surface area contributed by atoms with Crippen LogP contribution >= 0.6 is 15.9 Å². The molecule has 0 atom stereocenters. The van der Waals surface area contributed by atoms with Crippen LogP contribution in [0.5, 0.6) is 5.75 Å². The summed E-state index contributed by atoms with van der Waals surface area (Å²) in [6.45, 7) is 2.18. The van der Waals surface area contributed by atoms with Crippen LogP contribution in [0.1, 0.15) is 5.56 Å². The summed E-state index contributed by atoms with van der Waals surface area (Å²) < 4.78 is 5.33. The zero-order chi connectivity index (χ0) is 10.6. The number of nitro benzene ring substituents is 1. The number of rotatable bonds is 4. The second-order valence-corrected chi connectivity index (χ2v) is 3.49. The predicted octanol–water partition coefficient (Wildman–Crippen LogP) is 2.68. The highest BCUT2D eigenvalue weighted by molar-refractivity contribution is 9.09. The van der Waals surface area contributed by atoms with E-state index in [0.717, 1.165) is 0 Å². The molecule has 0 saturated heterocycles. The van der Waals surface area contributed by atoms with Crippen LogP contribution in [0.2, 0.25) is 0 Å². The van der Waals surface area contributed by atoms with E-state index in [4.69, 9.17) is 4.74 Å². The molecule has 5 heteroatoms. The highest BCUT2D eigenvalue weighted by Crippen LogP contribution is 2.26. The zero-order valence-electron chi connectivity index (χ0n) is 7.70. The van der Waals surface area contributed by atoms with Crippen LogP contribution in [0.15, 0.2) is 18.2 Å². The lowest BCUT2D eigenvalue weighted by Crippen LogP contribution is -2.01. The summed E-state index contributed by atoms with van der Waals surface area (Å²) in [6, 6.07) is 4.82. The summed E-state index contributed by atoms with van der Waals surface area (Å²) >= 11 is 3.22. The Kier molecular flexibility index (Phi) is 3.88. The minimum atomic E-state index is -0.406. The molecule has 1 aromatic rings. The van der Waals surface area contributed by atoms with Gasteiger partial charge in [-0.1, -0.05) is 22.0 Å². The van der Waals surface area contributed by atoms with Gasteiger partial charge in [-0.25, -0.2) is 0 Å². The van der Waals surface area contributed by atoms with Gasteiger partial charge in [0, 0.05) is 11.4 Å². The third-order valence-electron chi connectivity index (χ3n) is 1.79. The molecule has 4 nitrogen and oxygen atoms in total. The first-order valence-electron chi connectivity index (χ1n) is 4.09. The van der Waals surface area contributed by atoms with Gasteiger partial charge >= 0.3 is 0 Å². The number of hydrogen-bond donors (Lipinski definition) is 0. The Balaban J connectivity index is 2.95. The fourth-order valence-electron chi connectivity index (χ4n) is 1.11. The Morgan fingerprint density at radius 1 is 1.57 bits per heavy atom. The second-order valence-electron chi connectivity index (χ2n) is 2.69. The average Bonchev–Trinajstić information content (AvgIpc) is 2.16. The van der Waals surface area contributed by atoms with E-state index in [9.17, 15) is 10.1 Å². The summed E-state index contributed by atoms with van der Waals surface area (Å²) in [5.41, 5.74) is 0.663. The van der Waals surface area contributed by atoms with Crippen molar-refractivity contribution in [3.63, 3.8) is 0 Å². The van der Waals surface area contributed by atoms with Crippen LogP contribution in [0.25, 0.3) is 0 Å². The molecule has 1 aromatic carbocycles. The smallest absolute Gasteiger partial charge is 0.276 e. The first-order chi connectivity index (χ1) is 6.66. The maximum Gasteiger partial charge on any atom is 0.276 e. The van der Waals surface area contributed by atoms with E-state index in [0.29, 0.717) is 23.2 Å². The zero-order valence-corrected chi connectivity index (χ0v) is 9.28. The normalized spacial score (nSPS) is 9.86. The van der Waals surface area contributed by atoms with Gasteiger partial charge in [-0.2, -0.15) is 0 Å². The Morgan fingerprint density at radius 2 is 2.29 bits per heavy atom. The number of halogens is 1. The molecule has 0 amide bonds. The third kappa shape index (κ3) is 2.45. The van der Waals surface area contributed by atoms with Gasteiger partial charge in [-0.15, -0.1) is 0 Å². The van der Waals surface area contributed by atoms with Crippen molar-refractivity contribution in [2.24, 2.45) is 0 Å². The molecule has 1 rings (SSSR count). The molecular formula is C9H10BrNO3. The van der Waals surface area contributed by atoms with Crippen molar-refractivity contribution in [3.8, 4) is 5.75 Å². The molecule has 76 valence electrons. The Bertz CT molecular complexity index is 341. The molecule has 14 heavy (non-hydrogen) atoms. The van der Waals surface area contributed by atoms with Crippen LogP contribution in [0, 0.1) is 17.0 Å². The highest BCUT2D eigenvalue weighted by atomic mass is 79.9. The number of alkyl halides is 1. The Hall–Kier alpha value is -1.10. The van der Waals surface area contributed by atoms with Crippen molar-refractivity contribution in [2.45, 2.75) is 6.92 Å². The molecule has 0 aromatic heterocycles. The molecule has 0 bridgehead atoms. The standard InChI is InChI=1S/C9H10BrNO3/c1-7-8(11(12)13)3-2-4-9(7)14-6-5-10/h2-4H,5-6H2,1H3. The van der Waals surface area contributed by atoms with Crippen LogP contribution in [0.4, 0.5) is 5.69 Å². The molecule has 0 spiro atoms. The van der Waals surface area contributed by atoms with Crippen LogP contribution in [-0.2, 0) is 0 Å². The van der Waals surface area contributed by atoms with Crippen molar-refractivity contribution in [3.05, 3.63) is 33.9 Å². The van der Waals surface area contributed by atoms with Gasteiger partial charge in [0.2, 0.25) is 0 Å². The second kappa shape index (κ2) is 4.95. The monoisotopic (exact) mass is 259 g/mol. The molecule has 0 aliphatic rings. The first-order valence-corrected chi connectivity index (χ1v) is 5.21. The van der Waals surface area contributed by atoms with Crippen LogP contribution in [-0.4, -0.2) is 16.9 Å². The van der Waals surface area contributed by atoms with Gasteiger partial charge in [0.25, 0.3) is 5.69 Å². The topological polar surface area (TPSA) is 52.4 Å². The quantitative estimate of drug-likeness (QED) is 0.475. The summed E-state index contributed by atoms with van der Waals surface area (Å²) in [6.07, 6.45) is 0. The van der Waals surface area contributed by atoms with Crippen molar-refractivity contribution in [2.75, 3.05) is 11.9 Å². The molecule has 0 heterocycles. The van der Waals surface area contributed by atoms with Gasteiger partial charge in [-0.05, 0) is 13.0 Å². The van der Waals surface area contributed by atoms with Crippen LogP contribution < -0.4 is 4.74 Å². The van der Waals surface area contributed by atoms with Gasteiger partial charge in [0.1, 0.15) is 5.75 Å². The fourth-order valence-corrected chi connectivity index (χ4v) is 1.27. The fraction of sp³-hybridized carbons (Fsp3) is 0.333. The predicted molar refractivity (Wildman–Crippen MR) is 57.1 cm³/mol. The molecule has 0 radical (unpaired) electrons. The Morgan fingerprint density at radius 3 is 2.86 bits per heavy atom. The lowest BCUT2D eigenvalue weighted by atomic mass is 10.2. The molecule has 0 N–H and O–H groups in total. The molecular weight excluding hydrogens is 250 g/mol. The molecule has 0 unspecified atom stereocenters. The van der Waals surface area contributed by atoms with E-state index in [-0.39, 0.29) is 5.69 Å². The van der Waals surface area contributed by atoms with Crippen molar-refractivity contribution in [1.82, 2.24) is 0 Å². The van der Waals surface area contributed by atoms with E-state index in [2.05, 4.69) is 15.9 Å². The summed E-state index contributed by atoms with van der Waals surface area (Å²) in [7, 11) is 0. The SMILES string of the molecule is Cc1c(OCCBr)cccc1[N+](=O)[O-]. The maximum absolute atomic E-state index is 10.6. The Labute approximate surface area is 90.2 Å². The molecule has 0 saturated carbocycles. The molecule has 0 aliphatic carbocycles. The van der Waals surface area contributed by atoms with Crippen molar-refractivity contribution >= 4 is 21.6 Å². The summed E-state index contributed by atoms with van der Waals surface area (Å²) in [5, 5.41) is 11.3. The molecule has 0 fully saturated rings. The summed E-state index contributed by atoms with van der Waals surface area (Å²) in [5.74, 6) is 0.568. The largest absolute Gasteiger partial charge is 0.492 e. The first kappa shape index (κ1) is 11.0. The van der Waals surface area contributed by atoms with Crippen molar-refractivity contribution in [1.29, 1.82) is 0 Å². The number of ether oxygens (including phenoxy) is 1. The number of nitrogens with zero attached hydrogens (tertiary/aromatic N) is 1. The highest BCUT2D eigenvalue weighted by Gasteiger charge is 2.13. The lowest BCUT2D eigenvalue weighted by Gasteiger charge is -2.06. The number of hydrogen-bond acceptors (Lipinski definition) is 3. The van der Waals surface area contributed by atoms with Crippen molar-refractivity contribution < 1.29 is 9.66 Å². The number of benzene rings is 1. The van der Waals surface area contributed by atoms with E-state index in [1.165, 1.54) is 6.07 Å². The molecule has 0 aliphatic heterocycles. The number of nitro groups is 1. The van der Waals surface area contributed by atoms with E-state index in [1.54, 1.807) is 19.1 Å². The minimum Gasteiger partial charge on any atom is -0.492 e. The van der Waals surface area contributed by atoms with Gasteiger partial charge in [0.15, 0.2) is 0 Å². The lowest BCUT2D eigenvalue weighted by molar-refractivity contribution is -0.385. The minimum absolute atomic E-state index is 0.0945. The summed E-state index contributed by atoms with van der Waals surface area (Å²) in [4.78, 5) is 10.2. The third-order valence-corrected chi connectivity index (χ3v) is 2.11. The van der Waals surface area contributed by atoms with E-state index in [1.807, 2.05) is 0 Å². The van der Waals surface area contributed by atoms with Crippen LogP contribution in [0.3, 0.4) is 0 Å². The van der Waals surface area contributed by atoms with E-state index < -0.39 is 4.92 Å². The van der Waals surface area contributed by atoms with Gasteiger partial charge in [-0.3, -0.25) is 10.1 Å². The van der Waals surface area contributed by atoms with Gasteiger partial charge < -0.3 is 4.74 Å².